The van der Waals surface area contributed by atoms with Gasteiger partial charge >= 0.3 is 12.4 Å². The molecule has 2 aromatic carbocycles. The minimum Gasteiger partial charge on any atom is -0.362 e. The number of anilines is 1. The molecule has 132 valence electrons. The fourth-order valence-corrected chi connectivity index (χ4v) is 1.95. The van der Waals surface area contributed by atoms with Crippen LogP contribution in [0.25, 0.3) is 0 Å². The lowest BCUT2D eigenvalue weighted by molar-refractivity contribution is -0.143. The van der Waals surface area contributed by atoms with Crippen LogP contribution in [0.15, 0.2) is 60.8 Å². The van der Waals surface area contributed by atoms with Gasteiger partial charge in [0.25, 0.3) is 0 Å². The molecule has 0 aliphatic rings. The monoisotopic (exact) mass is 359 g/mol. The van der Waals surface area contributed by atoms with E-state index < -0.39 is 35.0 Å². The maximum absolute atomic E-state index is 12.7. The smallest absolute Gasteiger partial charge is 0.362 e. The minimum absolute atomic E-state index is 0.0318. The van der Waals surface area contributed by atoms with Crippen LogP contribution in [-0.2, 0) is 12.4 Å². The molecule has 0 saturated carbocycles. The van der Waals surface area contributed by atoms with Crippen molar-refractivity contribution in [3.8, 4) is 0 Å². The van der Waals surface area contributed by atoms with Crippen molar-refractivity contribution in [3.05, 3.63) is 77.5 Å². The van der Waals surface area contributed by atoms with Gasteiger partial charge in [0.2, 0.25) is 0 Å². The van der Waals surface area contributed by atoms with Crippen LogP contribution in [0.1, 0.15) is 21.5 Å². The Bertz CT molecular complexity index is 746. The van der Waals surface area contributed by atoms with E-state index in [2.05, 4.69) is 5.32 Å². The Labute approximate surface area is 138 Å². The molecule has 2 aromatic rings. The van der Waals surface area contributed by atoms with Crippen LogP contribution in [-0.4, -0.2) is 5.78 Å². The van der Waals surface area contributed by atoms with Gasteiger partial charge < -0.3 is 5.32 Å². The molecule has 0 atom stereocenters. The number of alkyl halides is 6. The highest BCUT2D eigenvalue weighted by atomic mass is 19.4. The summed E-state index contributed by atoms with van der Waals surface area (Å²) in [4.78, 5) is 11.8. The number of allylic oxidation sites excluding steroid dienone is 1. The summed E-state index contributed by atoms with van der Waals surface area (Å²) in [6.07, 6.45) is -7.85. The van der Waals surface area contributed by atoms with Crippen LogP contribution in [0, 0.1) is 0 Å². The van der Waals surface area contributed by atoms with E-state index >= 15 is 0 Å². The summed E-state index contributed by atoms with van der Waals surface area (Å²) < 4.78 is 76.4. The van der Waals surface area contributed by atoms with Crippen molar-refractivity contribution in [1.29, 1.82) is 0 Å². The summed E-state index contributed by atoms with van der Waals surface area (Å²) >= 11 is 0. The summed E-state index contributed by atoms with van der Waals surface area (Å²) in [6, 6.07) is 9.09. The van der Waals surface area contributed by atoms with E-state index in [9.17, 15) is 31.1 Å². The van der Waals surface area contributed by atoms with Gasteiger partial charge in [0.05, 0.1) is 11.1 Å². The number of hydrogen-bond acceptors (Lipinski definition) is 2. The average molecular weight is 359 g/mol. The number of ketones is 1. The zero-order valence-electron chi connectivity index (χ0n) is 12.4. The Hall–Kier alpha value is -2.77. The van der Waals surface area contributed by atoms with Crippen molar-refractivity contribution in [1.82, 2.24) is 0 Å². The molecule has 0 bridgehead atoms. The molecule has 0 aliphatic carbocycles. The van der Waals surface area contributed by atoms with Gasteiger partial charge in [-0.1, -0.05) is 30.3 Å². The zero-order valence-corrected chi connectivity index (χ0v) is 12.4. The van der Waals surface area contributed by atoms with Gasteiger partial charge in [-0.2, -0.15) is 26.3 Å². The van der Waals surface area contributed by atoms with E-state index in [1.807, 2.05) is 0 Å². The lowest BCUT2D eigenvalue weighted by Gasteiger charge is -2.14. The summed E-state index contributed by atoms with van der Waals surface area (Å²) in [6.45, 7) is 0. The van der Waals surface area contributed by atoms with Crippen molar-refractivity contribution < 1.29 is 31.1 Å². The number of nitrogens with one attached hydrogen (secondary N) is 1. The Morgan fingerprint density at radius 1 is 0.840 bits per heavy atom. The predicted molar refractivity (Wildman–Crippen MR) is 80.0 cm³/mol. The lowest BCUT2D eigenvalue weighted by atomic mass is 10.1. The number of rotatable bonds is 4. The van der Waals surface area contributed by atoms with Crippen molar-refractivity contribution in [2.24, 2.45) is 0 Å². The second kappa shape index (κ2) is 7.00. The van der Waals surface area contributed by atoms with Gasteiger partial charge in [0.1, 0.15) is 0 Å². The summed E-state index contributed by atoms with van der Waals surface area (Å²) in [5.41, 5.74) is -2.97. The number of carbonyl (C=O) groups is 1. The molecule has 0 saturated heterocycles. The second-order valence-corrected chi connectivity index (χ2v) is 5.00. The average Bonchev–Trinajstić information content (AvgIpc) is 2.53. The first kappa shape index (κ1) is 18.6. The molecule has 25 heavy (non-hydrogen) atoms. The molecule has 0 radical (unpaired) electrons. The molecule has 0 unspecified atom stereocenters. The molecule has 2 nitrogen and oxygen atoms in total. The minimum atomic E-state index is -4.93. The fraction of sp³-hybridized carbons (Fsp3) is 0.118. The second-order valence-electron chi connectivity index (χ2n) is 5.00. The summed E-state index contributed by atoms with van der Waals surface area (Å²) in [7, 11) is 0. The van der Waals surface area contributed by atoms with Gasteiger partial charge in [-0.15, -0.1) is 0 Å². The van der Waals surface area contributed by atoms with E-state index in [0.29, 0.717) is 17.7 Å². The van der Waals surface area contributed by atoms with Gasteiger partial charge in [0, 0.05) is 23.5 Å². The third-order valence-electron chi connectivity index (χ3n) is 3.13. The Kier molecular flexibility index (Phi) is 5.20. The van der Waals surface area contributed by atoms with Gasteiger partial charge in [-0.3, -0.25) is 4.79 Å². The van der Waals surface area contributed by atoms with Crippen LogP contribution >= 0.6 is 0 Å². The summed E-state index contributed by atoms with van der Waals surface area (Å²) in [5, 5.41) is 2.27. The third kappa shape index (κ3) is 5.10. The number of halogens is 6. The molecular weight excluding hydrogens is 348 g/mol. The Morgan fingerprint density at radius 2 is 1.36 bits per heavy atom. The first-order chi connectivity index (χ1) is 11.6. The SMILES string of the molecule is O=C(/C=C\Nc1cc(C(F)(F)F)cc(C(F)(F)F)c1)c1ccccc1. The number of hydrogen-bond donors (Lipinski definition) is 1. The largest absolute Gasteiger partial charge is 0.416 e. The van der Waals surface area contributed by atoms with Crippen LogP contribution in [0.5, 0.6) is 0 Å². The normalized spacial score (nSPS) is 12.4. The first-order valence-electron chi connectivity index (χ1n) is 6.89. The number of carbonyl (C=O) groups excluding carboxylic acids is 1. The number of benzene rings is 2. The molecule has 0 aromatic heterocycles. The molecular formula is C17H11F6NO. The van der Waals surface area contributed by atoms with Crippen LogP contribution < -0.4 is 5.32 Å². The fourth-order valence-electron chi connectivity index (χ4n) is 1.95. The topological polar surface area (TPSA) is 29.1 Å². The predicted octanol–water partition coefficient (Wildman–Crippen LogP) is 5.53. The molecule has 1 N–H and O–H groups in total. The standard InChI is InChI=1S/C17H11F6NO/c18-16(19,20)12-8-13(17(21,22)23)10-14(9-12)24-7-6-15(25)11-4-2-1-3-5-11/h1-10,24H/b7-6-. The highest BCUT2D eigenvalue weighted by Gasteiger charge is 2.36. The van der Waals surface area contributed by atoms with Crippen LogP contribution in [0.3, 0.4) is 0 Å². The first-order valence-corrected chi connectivity index (χ1v) is 6.89. The maximum atomic E-state index is 12.7. The third-order valence-corrected chi connectivity index (χ3v) is 3.13. The van der Waals surface area contributed by atoms with E-state index in [-0.39, 0.29) is 6.07 Å². The molecule has 2 rings (SSSR count). The van der Waals surface area contributed by atoms with Crippen molar-refractivity contribution in [2.45, 2.75) is 12.4 Å². The maximum Gasteiger partial charge on any atom is 0.416 e. The van der Waals surface area contributed by atoms with Crippen LogP contribution in [0.2, 0.25) is 0 Å². The molecule has 0 amide bonds. The van der Waals surface area contributed by atoms with E-state index in [4.69, 9.17) is 0 Å². The van der Waals surface area contributed by atoms with E-state index in [1.54, 1.807) is 18.2 Å². The quantitative estimate of drug-likeness (QED) is 0.442. The molecule has 0 fully saturated rings. The summed E-state index contributed by atoms with van der Waals surface area (Å²) in [5.74, 6) is -0.448. The van der Waals surface area contributed by atoms with Gasteiger partial charge in [-0.05, 0) is 18.2 Å². The van der Waals surface area contributed by atoms with Crippen molar-refractivity contribution in [3.63, 3.8) is 0 Å². The molecule has 8 heteroatoms. The Morgan fingerprint density at radius 3 is 1.84 bits per heavy atom. The molecule has 0 heterocycles. The Balaban J connectivity index is 2.24. The van der Waals surface area contributed by atoms with Crippen LogP contribution in [0.4, 0.5) is 32.0 Å². The highest BCUT2D eigenvalue weighted by molar-refractivity contribution is 6.04. The molecule has 0 aliphatic heterocycles. The van der Waals surface area contributed by atoms with Crippen molar-refractivity contribution >= 4 is 11.5 Å². The van der Waals surface area contributed by atoms with Crippen molar-refractivity contribution in [2.75, 3.05) is 5.32 Å². The zero-order chi connectivity index (χ0) is 18.7. The highest BCUT2D eigenvalue weighted by Crippen LogP contribution is 2.37. The van der Waals surface area contributed by atoms with Gasteiger partial charge in [0.15, 0.2) is 5.78 Å². The van der Waals surface area contributed by atoms with E-state index in [1.165, 1.54) is 12.1 Å². The van der Waals surface area contributed by atoms with E-state index in [0.717, 1.165) is 12.3 Å². The van der Waals surface area contributed by atoms with Gasteiger partial charge in [-0.25, -0.2) is 0 Å². The molecule has 0 spiro atoms. The lowest BCUT2D eigenvalue weighted by Crippen LogP contribution is -2.11.